The first-order chi connectivity index (χ1) is 7.66. The molecule has 0 aromatic carbocycles. The first kappa shape index (κ1) is 11.0. The van der Waals surface area contributed by atoms with E-state index in [0.717, 1.165) is 5.56 Å². The molecule has 16 heavy (non-hydrogen) atoms. The molecule has 0 amide bonds. The van der Waals surface area contributed by atoms with Crippen LogP contribution in [0, 0.1) is 0 Å². The molecule has 2 aromatic heterocycles. The van der Waals surface area contributed by atoms with Gasteiger partial charge in [0.05, 0.1) is 23.9 Å². The maximum absolute atomic E-state index is 9.31. The first-order valence-electron chi connectivity index (χ1n) is 4.83. The van der Waals surface area contributed by atoms with Gasteiger partial charge in [0.15, 0.2) is 0 Å². The fourth-order valence-corrected chi connectivity index (χ4v) is 1.47. The van der Waals surface area contributed by atoms with Crippen LogP contribution in [0.15, 0.2) is 24.7 Å². The van der Waals surface area contributed by atoms with E-state index in [9.17, 15) is 5.11 Å². The third-order valence-corrected chi connectivity index (χ3v) is 2.51. The number of halogens is 1. The molecule has 6 heteroatoms. The topological polar surface area (TPSA) is 63.8 Å². The van der Waals surface area contributed by atoms with E-state index in [0.29, 0.717) is 17.3 Å². The average molecular weight is 239 g/mol. The SMILES string of the molecule is CC(O)c1cn(Cc2ccncc2Cl)nn1. The highest BCUT2D eigenvalue weighted by Crippen LogP contribution is 2.15. The van der Waals surface area contributed by atoms with Crippen LogP contribution in [0.1, 0.15) is 24.3 Å². The van der Waals surface area contributed by atoms with Crippen LogP contribution in [0.5, 0.6) is 0 Å². The van der Waals surface area contributed by atoms with Gasteiger partial charge in [0.2, 0.25) is 0 Å². The summed E-state index contributed by atoms with van der Waals surface area (Å²) in [6.07, 6.45) is 4.35. The van der Waals surface area contributed by atoms with E-state index in [2.05, 4.69) is 15.3 Å². The third kappa shape index (κ3) is 2.37. The molecular weight excluding hydrogens is 228 g/mol. The molecule has 2 heterocycles. The Balaban J connectivity index is 2.18. The molecule has 84 valence electrons. The van der Waals surface area contributed by atoms with Crippen LogP contribution in [0.2, 0.25) is 5.02 Å². The van der Waals surface area contributed by atoms with Crippen molar-refractivity contribution >= 4 is 11.6 Å². The number of hydrogen-bond acceptors (Lipinski definition) is 4. The standard InChI is InChI=1S/C10H11ClN4O/c1-7(16)10-6-15(14-13-10)5-8-2-3-12-4-9(8)11/h2-4,6-7,16H,5H2,1H3. The van der Waals surface area contributed by atoms with Gasteiger partial charge in [0, 0.05) is 12.4 Å². The molecule has 0 aliphatic heterocycles. The highest BCUT2D eigenvalue weighted by atomic mass is 35.5. The quantitative estimate of drug-likeness (QED) is 0.879. The van der Waals surface area contributed by atoms with Gasteiger partial charge in [-0.2, -0.15) is 0 Å². The Bertz CT molecular complexity index is 483. The van der Waals surface area contributed by atoms with E-state index >= 15 is 0 Å². The molecule has 0 spiro atoms. The summed E-state index contributed by atoms with van der Waals surface area (Å²) < 4.78 is 1.63. The van der Waals surface area contributed by atoms with Crippen molar-refractivity contribution in [2.24, 2.45) is 0 Å². The second-order valence-electron chi connectivity index (χ2n) is 3.48. The Kier molecular flexibility index (Phi) is 3.17. The maximum atomic E-state index is 9.31. The average Bonchev–Trinajstić information content (AvgIpc) is 2.70. The molecule has 0 aliphatic carbocycles. The fraction of sp³-hybridized carbons (Fsp3) is 0.300. The van der Waals surface area contributed by atoms with Crippen LogP contribution < -0.4 is 0 Å². The molecule has 2 aromatic rings. The highest BCUT2D eigenvalue weighted by Gasteiger charge is 2.07. The van der Waals surface area contributed by atoms with Crippen LogP contribution >= 0.6 is 11.6 Å². The van der Waals surface area contributed by atoms with Crippen LogP contribution in [-0.2, 0) is 6.54 Å². The molecular formula is C10H11ClN4O. The molecule has 5 nitrogen and oxygen atoms in total. The summed E-state index contributed by atoms with van der Waals surface area (Å²) in [5.74, 6) is 0. The van der Waals surface area contributed by atoms with Gasteiger partial charge in [-0.15, -0.1) is 5.10 Å². The number of aliphatic hydroxyl groups excluding tert-OH is 1. The lowest BCUT2D eigenvalue weighted by Gasteiger charge is -2.02. The summed E-state index contributed by atoms with van der Waals surface area (Å²) in [5.41, 5.74) is 1.46. The summed E-state index contributed by atoms with van der Waals surface area (Å²) in [7, 11) is 0. The molecule has 0 aliphatic rings. The zero-order valence-corrected chi connectivity index (χ0v) is 9.46. The number of rotatable bonds is 3. The van der Waals surface area contributed by atoms with Gasteiger partial charge in [-0.05, 0) is 18.6 Å². The number of aliphatic hydroxyl groups is 1. The van der Waals surface area contributed by atoms with Crippen LogP contribution in [0.4, 0.5) is 0 Å². The van der Waals surface area contributed by atoms with Crippen molar-refractivity contribution in [2.75, 3.05) is 0 Å². The molecule has 2 rings (SSSR count). The van der Waals surface area contributed by atoms with Crippen molar-refractivity contribution in [2.45, 2.75) is 19.6 Å². The van der Waals surface area contributed by atoms with Crippen molar-refractivity contribution in [1.29, 1.82) is 0 Å². The Morgan fingerprint density at radius 3 is 3.00 bits per heavy atom. The fourth-order valence-electron chi connectivity index (χ4n) is 1.29. The van der Waals surface area contributed by atoms with Gasteiger partial charge in [0.1, 0.15) is 5.69 Å². The number of nitrogens with zero attached hydrogens (tertiary/aromatic N) is 4. The minimum atomic E-state index is -0.610. The van der Waals surface area contributed by atoms with Gasteiger partial charge >= 0.3 is 0 Å². The van der Waals surface area contributed by atoms with Crippen LogP contribution in [0.25, 0.3) is 0 Å². The van der Waals surface area contributed by atoms with Crippen molar-refractivity contribution in [3.63, 3.8) is 0 Å². The van der Waals surface area contributed by atoms with Crippen molar-refractivity contribution in [3.8, 4) is 0 Å². The largest absolute Gasteiger partial charge is 0.387 e. The maximum Gasteiger partial charge on any atom is 0.111 e. The summed E-state index contributed by atoms with van der Waals surface area (Å²) in [6, 6.07) is 1.83. The van der Waals surface area contributed by atoms with Gasteiger partial charge in [0.25, 0.3) is 0 Å². The number of hydrogen-bond donors (Lipinski definition) is 1. The van der Waals surface area contributed by atoms with Crippen molar-refractivity contribution < 1.29 is 5.11 Å². The molecule has 0 bridgehead atoms. The zero-order chi connectivity index (χ0) is 11.5. The zero-order valence-electron chi connectivity index (χ0n) is 8.71. The lowest BCUT2D eigenvalue weighted by Crippen LogP contribution is -2.01. The van der Waals surface area contributed by atoms with E-state index in [1.807, 2.05) is 6.07 Å². The summed E-state index contributed by atoms with van der Waals surface area (Å²) in [6.45, 7) is 2.16. The van der Waals surface area contributed by atoms with E-state index in [4.69, 9.17) is 11.6 Å². The second-order valence-corrected chi connectivity index (χ2v) is 3.89. The van der Waals surface area contributed by atoms with Crippen molar-refractivity contribution in [1.82, 2.24) is 20.0 Å². The molecule has 0 saturated heterocycles. The smallest absolute Gasteiger partial charge is 0.111 e. The van der Waals surface area contributed by atoms with Crippen LogP contribution in [0.3, 0.4) is 0 Å². The normalized spacial score (nSPS) is 12.7. The molecule has 1 unspecified atom stereocenters. The molecule has 0 radical (unpaired) electrons. The predicted molar refractivity (Wildman–Crippen MR) is 59.0 cm³/mol. The summed E-state index contributed by atoms with van der Waals surface area (Å²) >= 11 is 5.97. The number of aromatic nitrogens is 4. The highest BCUT2D eigenvalue weighted by molar-refractivity contribution is 6.31. The summed E-state index contributed by atoms with van der Waals surface area (Å²) in [5, 5.41) is 17.6. The minimum Gasteiger partial charge on any atom is -0.387 e. The summed E-state index contributed by atoms with van der Waals surface area (Å²) in [4.78, 5) is 3.90. The lowest BCUT2D eigenvalue weighted by molar-refractivity contribution is 0.194. The Labute approximate surface area is 97.7 Å². The van der Waals surface area contributed by atoms with E-state index in [1.165, 1.54) is 0 Å². The minimum absolute atomic E-state index is 0.515. The Morgan fingerprint density at radius 2 is 2.38 bits per heavy atom. The molecule has 0 fully saturated rings. The van der Waals surface area contributed by atoms with Gasteiger partial charge in [-0.3, -0.25) is 4.98 Å². The van der Waals surface area contributed by atoms with Crippen LogP contribution in [-0.4, -0.2) is 25.1 Å². The Hall–Kier alpha value is -1.46. The Morgan fingerprint density at radius 1 is 1.56 bits per heavy atom. The predicted octanol–water partition coefficient (Wildman–Crippen LogP) is 1.43. The number of pyridine rings is 1. The van der Waals surface area contributed by atoms with E-state index in [1.54, 1.807) is 30.2 Å². The van der Waals surface area contributed by atoms with Gasteiger partial charge < -0.3 is 5.11 Å². The molecule has 0 saturated carbocycles. The molecule has 1 N–H and O–H groups in total. The monoisotopic (exact) mass is 238 g/mol. The lowest BCUT2D eigenvalue weighted by atomic mass is 10.2. The van der Waals surface area contributed by atoms with Gasteiger partial charge in [-0.1, -0.05) is 16.8 Å². The second kappa shape index (κ2) is 4.59. The van der Waals surface area contributed by atoms with Gasteiger partial charge in [-0.25, -0.2) is 4.68 Å². The first-order valence-corrected chi connectivity index (χ1v) is 5.21. The van der Waals surface area contributed by atoms with E-state index in [-0.39, 0.29) is 0 Å². The third-order valence-electron chi connectivity index (χ3n) is 2.17. The van der Waals surface area contributed by atoms with E-state index < -0.39 is 6.10 Å². The molecule has 1 atom stereocenters. The van der Waals surface area contributed by atoms with Crippen molar-refractivity contribution in [3.05, 3.63) is 40.9 Å².